The molecule has 3 unspecified atom stereocenters. The molecule has 1 saturated carbocycles. The van der Waals surface area contributed by atoms with E-state index in [0.717, 1.165) is 18.4 Å². The Hall–Kier alpha value is -0.910. The Morgan fingerprint density at radius 3 is 2.75 bits per heavy atom. The molecule has 112 valence electrons. The highest BCUT2D eigenvalue weighted by atomic mass is 32.2. The monoisotopic (exact) mass is 296 g/mol. The van der Waals surface area contributed by atoms with Gasteiger partial charge in [-0.25, -0.2) is 13.1 Å². The first-order valence-corrected chi connectivity index (χ1v) is 8.73. The predicted molar refractivity (Wildman–Crippen MR) is 80.6 cm³/mol. The summed E-state index contributed by atoms with van der Waals surface area (Å²) < 4.78 is 27.8. The number of nitrogens with two attached hydrogens (primary N) is 1. The lowest BCUT2D eigenvalue weighted by molar-refractivity contribution is 0.227. The molecule has 0 aliphatic heterocycles. The van der Waals surface area contributed by atoms with Crippen LogP contribution in [0.2, 0.25) is 0 Å². The summed E-state index contributed by atoms with van der Waals surface area (Å²) in [5.41, 5.74) is 6.40. The van der Waals surface area contributed by atoms with Gasteiger partial charge in [-0.3, -0.25) is 0 Å². The zero-order valence-corrected chi connectivity index (χ0v) is 13.0. The van der Waals surface area contributed by atoms with Crippen LogP contribution >= 0.6 is 0 Å². The number of hydrogen-bond acceptors (Lipinski definition) is 3. The Balaban J connectivity index is 2.18. The molecule has 0 amide bonds. The Morgan fingerprint density at radius 2 is 2.05 bits per heavy atom. The van der Waals surface area contributed by atoms with Gasteiger partial charge in [0.1, 0.15) is 0 Å². The smallest absolute Gasteiger partial charge is 0.240 e. The molecule has 5 heteroatoms. The molecule has 1 aliphatic carbocycles. The van der Waals surface area contributed by atoms with Crippen molar-refractivity contribution < 1.29 is 8.42 Å². The lowest BCUT2D eigenvalue weighted by atomic mass is 9.78. The van der Waals surface area contributed by atoms with Gasteiger partial charge in [0.2, 0.25) is 10.0 Å². The lowest BCUT2D eigenvalue weighted by Gasteiger charge is -2.34. The highest BCUT2D eigenvalue weighted by molar-refractivity contribution is 7.89. The molecule has 1 aromatic rings. The van der Waals surface area contributed by atoms with Crippen LogP contribution in [0.4, 0.5) is 0 Å². The fourth-order valence-electron chi connectivity index (χ4n) is 2.86. The first-order valence-electron chi connectivity index (χ1n) is 7.25. The minimum absolute atomic E-state index is 0.0327. The summed E-state index contributed by atoms with van der Waals surface area (Å²) in [4.78, 5) is 0.311. The minimum atomic E-state index is -3.45. The van der Waals surface area contributed by atoms with Crippen molar-refractivity contribution in [2.24, 2.45) is 17.6 Å². The molecule has 20 heavy (non-hydrogen) atoms. The van der Waals surface area contributed by atoms with Gasteiger partial charge in [-0.05, 0) is 36.0 Å². The van der Waals surface area contributed by atoms with Crippen LogP contribution < -0.4 is 10.5 Å². The van der Waals surface area contributed by atoms with Gasteiger partial charge >= 0.3 is 0 Å². The largest absolute Gasteiger partial charge is 0.326 e. The van der Waals surface area contributed by atoms with Crippen molar-refractivity contribution in [1.29, 1.82) is 0 Å². The van der Waals surface area contributed by atoms with Crippen LogP contribution in [-0.2, 0) is 16.6 Å². The summed E-state index contributed by atoms with van der Waals surface area (Å²) in [5.74, 6) is 0.933. The van der Waals surface area contributed by atoms with E-state index in [1.165, 1.54) is 6.42 Å². The molecule has 1 aliphatic rings. The average Bonchev–Trinajstić information content (AvgIpc) is 2.44. The van der Waals surface area contributed by atoms with Crippen molar-refractivity contribution in [3.05, 3.63) is 29.8 Å². The molecule has 1 aromatic carbocycles. The summed E-state index contributed by atoms with van der Waals surface area (Å²) >= 11 is 0. The van der Waals surface area contributed by atoms with E-state index in [0.29, 0.717) is 23.3 Å². The van der Waals surface area contributed by atoms with Crippen LogP contribution in [0.15, 0.2) is 29.2 Å². The molecule has 3 N–H and O–H groups in total. The van der Waals surface area contributed by atoms with Gasteiger partial charge in [-0.15, -0.1) is 0 Å². The number of nitrogens with one attached hydrogen (secondary N) is 1. The maximum absolute atomic E-state index is 12.5. The second-order valence-corrected chi connectivity index (χ2v) is 7.56. The Morgan fingerprint density at radius 1 is 1.30 bits per heavy atom. The Bertz CT molecular complexity index is 557. The fourth-order valence-corrected chi connectivity index (χ4v) is 4.29. The van der Waals surface area contributed by atoms with E-state index < -0.39 is 10.0 Å². The fraction of sp³-hybridized carbons (Fsp3) is 0.600. The van der Waals surface area contributed by atoms with Crippen LogP contribution in [-0.4, -0.2) is 14.5 Å². The lowest BCUT2D eigenvalue weighted by Crippen LogP contribution is -2.43. The third-order valence-electron chi connectivity index (χ3n) is 4.46. The standard InChI is InChI=1S/C15H24N2O2S/c1-11-5-3-8-15(12(11)2)17-20(18,19)14-7-4-6-13(9-14)10-16/h4,6-7,9,11-12,15,17H,3,5,8,10,16H2,1-2H3. The Kier molecular flexibility index (Phi) is 4.83. The first-order chi connectivity index (χ1) is 9.44. The van der Waals surface area contributed by atoms with Crippen molar-refractivity contribution in [3.8, 4) is 0 Å². The maximum atomic E-state index is 12.5. The van der Waals surface area contributed by atoms with E-state index in [2.05, 4.69) is 18.6 Å². The van der Waals surface area contributed by atoms with Gasteiger partial charge in [0.05, 0.1) is 4.90 Å². The molecule has 1 fully saturated rings. The van der Waals surface area contributed by atoms with E-state index in [-0.39, 0.29) is 6.04 Å². The summed E-state index contributed by atoms with van der Waals surface area (Å²) in [6.45, 7) is 4.67. The number of hydrogen-bond donors (Lipinski definition) is 2. The van der Waals surface area contributed by atoms with E-state index in [1.807, 2.05) is 6.07 Å². The van der Waals surface area contributed by atoms with Crippen LogP contribution in [0.25, 0.3) is 0 Å². The summed E-state index contributed by atoms with van der Waals surface area (Å²) in [6.07, 6.45) is 3.19. The molecule has 0 heterocycles. The molecule has 0 bridgehead atoms. The van der Waals surface area contributed by atoms with Crippen LogP contribution in [0.1, 0.15) is 38.7 Å². The van der Waals surface area contributed by atoms with E-state index in [1.54, 1.807) is 18.2 Å². The molecule has 4 nitrogen and oxygen atoms in total. The van der Waals surface area contributed by atoms with Gasteiger partial charge in [0, 0.05) is 12.6 Å². The number of benzene rings is 1. The van der Waals surface area contributed by atoms with Crippen LogP contribution in [0.3, 0.4) is 0 Å². The molecule has 2 rings (SSSR count). The molecule has 3 atom stereocenters. The minimum Gasteiger partial charge on any atom is -0.326 e. The Labute approximate surface area is 121 Å². The van der Waals surface area contributed by atoms with Gasteiger partial charge in [0.15, 0.2) is 0 Å². The normalized spacial score (nSPS) is 27.4. The number of rotatable bonds is 4. The summed E-state index contributed by atoms with van der Waals surface area (Å²) in [5, 5.41) is 0. The van der Waals surface area contributed by atoms with E-state index in [9.17, 15) is 8.42 Å². The first kappa shape index (κ1) is 15.5. The SMILES string of the molecule is CC1CCCC(NS(=O)(=O)c2cccc(CN)c2)C1C. The third kappa shape index (κ3) is 3.40. The summed E-state index contributed by atoms with van der Waals surface area (Å²) in [6, 6.07) is 6.89. The van der Waals surface area contributed by atoms with Crippen LogP contribution in [0, 0.1) is 11.8 Å². The molecule has 0 aromatic heterocycles. The van der Waals surface area contributed by atoms with E-state index >= 15 is 0 Å². The number of sulfonamides is 1. The van der Waals surface area contributed by atoms with Gasteiger partial charge in [-0.2, -0.15) is 0 Å². The molecule has 0 radical (unpaired) electrons. The maximum Gasteiger partial charge on any atom is 0.240 e. The molecule has 0 saturated heterocycles. The van der Waals surface area contributed by atoms with Gasteiger partial charge in [0.25, 0.3) is 0 Å². The van der Waals surface area contributed by atoms with Crippen LogP contribution in [0.5, 0.6) is 0 Å². The average molecular weight is 296 g/mol. The molecule has 0 spiro atoms. The zero-order chi connectivity index (χ0) is 14.8. The second kappa shape index (κ2) is 6.24. The topological polar surface area (TPSA) is 72.2 Å². The van der Waals surface area contributed by atoms with Crippen molar-refractivity contribution >= 4 is 10.0 Å². The molecular formula is C15H24N2O2S. The van der Waals surface area contributed by atoms with Crippen molar-refractivity contribution in [1.82, 2.24) is 4.72 Å². The van der Waals surface area contributed by atoms with Crippen molar-refractivity contribution in [2.45, 2.75) is 50.6 Å². The van der Waals surface area contributed by atoms with Gasteiger partial charge < -0.3 is 5.73 Å². The highest BCUT2D eigenvalue weighted by Gasteiger charge is 2.30. The molecular weight excluding hydrogens is 272 g/mol. The predicted octanol–water partition coefficient (Wildman–Crippen LogP) is 2.25. The third-order valence-corrected chi connectivity index (χ3v) is 5.95. The second-order valence-electron chi connectivity index (χ2n) is 5.85. The quantitative estimate of drug-likeness (QED) is 0.895. The van der Waals surface area contributed by atoms with Crippen molar-refractivity contribution in [2.75, 3.05) is 0 Å². The zero-order valence-electron chi connectivity index (χ0n) is 12.2. The van der Waals surface area contributed by atoms with E-state index in [4.69, 9.17) is 5.73 Å². The summed E-state index contributed by atoms with van der Waals surface area (Å²) in [7, 11) is -3.45. The van der Waals surface area contributed by atoms with Crippen molar-refractivity contribution in [3.63, 3.8) is 0 Å². The highest BCUT2D eigenvalue weighted by Crippen LogP contribution is 2.30. The van der Waals surface area contributed by atoms with Gasteiger partial charge in [-0.1, -0.05) is 38.8 Å².